The van der Waals surface area contributed by atoms with Crippen LogP contribution in [0.15, 0.2) is 84.9 Å². The molecule has 0 atom stereocenters. The Morgan fingerprint density at radius 2 is 1.52 bits per heavy atom. The number of rotatable bonds is 11. The van der Waals surface area contributed by atoms with Crippen LogP contribution in [0.3, 0.4) is 0 Å². The topological polar surface area (TPSA) is 170 Å². The van der Waals surface area contributed by atoms with Crippen LogP contribution in [0.5, 0.6) is 5.75 Å². The van der Waals surface area contributed by atoms with E-state index in [1.54, 1.807) is 4.90 Å². The first-order valence-electron chi connectivity index (χ1n) is 21.6. The Hall–Kier alpha value is -6.94. The second-order valence-corrected chi connectivity index (χ2v) is 16.6. The molecule has 0 saturated carbocycles. The van der Waals surface area contributed by atoms with Gasteiger partial charge in [0, 0.05) is 100 Å². The number of primary amides is 1. The summed E-state index contributed by atoms with van der Waals surface area (Å²) in [5, 5.41) is 13.6. The number of methoxy groups -OCH3 is 1. The van der Waals surface area contributed by atoms with Gasteiger partial charge >= 0.3 is 6.03 Å². The smallest absolute Gasteiger partial charge is 0.328 e. The van der Waals surface area contributed by atoms with Crippen molar-refractivity contribution in [2.24, 2.45) is 11.7 Å². The zero-order valence-electron chi connectivity index (χ0n) is 35.2. The maximum atomic E-state index is 13.8. The summed E-state index contributed by atoms with van der Waals surface area (Å²) in [5.74, 6) is -0.310. The van der Waals surface area contributed by atoms with E-state index in [0.29, 0.717) is 48.1 Å². The van der Waals surface area contributed by atoms with Crippen LogP contribution >= 0.6 is 0 Å². The molecular formula is C47H51FN10O5. The van der Waals surface area contributed by atoms with E-state index in [2.05, 4.69) is 61.0 Å². The molecule has 16 heteroatoms. The van der Waals surface area contributed by atoms with Crippen LogP contribution in [0.2, 0.25) is 0 Å². The molecule has 4 aliphatic rings. The fraction of sp³-hybridized carbons (Fsp3) is 0.340. The molecule has 9 rings (SSSR count). The number of benzene rings is 4. The lowest BCUT2D eigenvalue weighted by Gasteiger charge is -2.40. The number of urea groups is 1. The van der Waals surface area contributed by atoms with E-state index in [0.717, 1.165) is 99.3 Å². The van der Waals surface area contributed by atoms with Crippen LogP contribution in [-0.2, 0) is 24.3 Å². The molecule has 1 aromatic heterocycles. The van der Waals surface area contributed by atoms with Gasteiger partial charge in [0.2, 0.25) is 5.91 Å². The molecule has 0 unspecified atom stereocenters. The lowest BCUT2D eigenvalue weighted by molar-refractivity contribution is -0.120. The monoisotopic (exact) mass is 854 g/mol. The molecule has 3 fully saturated rings. The number of aromatic nitrogens is 2. The van der Waals surface area contributed by atoms with Crippen molar-refractivity contribution in [2.75, 3.05) is 79.5 Å². The molecule has 63 heavy (non-hydrogen) atoms. The van der Waals surface area contributed by atoms with Crippen molar-refractivity contribution in [3.05, 3.63) is 113 Å². The van der Waals surface area contributed by atoms with Gasteiger partial charge in [0.1, 0.15) is 28.6 Å². The molecular weight excluding hydrogens is 804 g/mol. The molecule has 15 nitrogen and oxygen atoms in total. The molecule has 0 aliphatic carbocycles. The Bertz CT molecular complexity index is 2530. The predicted molar refractivity (Wildman–Crippen MR) is 239 cm³/mol. The van der Waals surface area contributed by atoms with Crippen molar-refractivity contribution in [3.8, 4) is 17.0 Å². The molecule has 0 radical (unpaired) electrons. The lowest BCUT2D eigenvalue weighted by atomic mass is 9.95. The number of halogens is 1. The van der Waals surface area contributed by atoms with Crippen LogP contribution in [0, 0.1) is 11.7 Å². The van der Waals surface area contributed by atoms with Crippen LogP contribution in [0.25, 0.3) is 11.3 Å². The zero-order chi connectivity index (χ0) is 43.6. The number of ether oxygens (including phenoxy) is 1. The summed E-state index contributed by atoms with van der Waals surface area (Å²) in [6.07, 6.45) is 3.30. The number of fused-ring (bicyclic) bond motifs is 2. The number of hydrogen-bond donors (Lipinski definition) is 4. The van der Waals surface area contributed by atoms with E-state index in [1.807, 2.05) is 41.1 Å². The number of anilines is 5. The minimum Gasteiger partial charge on any atom is -0.496 e. The number of carbonyl (C=O) groups excluding carboxylic acids is 4. The maximum absolute atomic E-state index is 13.8. The number of imide groups is 1. The van der Waals surface area contributed by atoms with Crippen molar-refractivity contribution in [1.29, 1.82) is 0 Å². The number of hydrogen-bond acceptors (Lipinski definition) is 10. The van der Waals surface area contributed by atoms with Gasteiger partial charge in [-0.3, -0.25) is 29.5 Å². The van der Waals surface area contributed by atoms with Crippen LogP contribution < -0.4 is 41.1 Å². The fourth-order valence-electron chi connectivity index (χ4n) is 9.14. The van der Waals surface area contributed by atoms with Crippen LogP contribution in [-0.4, -0.2) is 97.9 Å². The van der Waals surface area contributed by atoms with Gasteiger partial charge in [-0.25, -0.2) is 13.9 Å². The van der Waals surface area contributed by atoms with E-state index >= 15 is 0 Å². The summed E-state index contributed by atoms with van der Waals surface area (Å²) in [4.78, 5) is 58.7. The van der Waals surface area contributed by atoms with Gasteiger partial charge in [-0.15, -0.1) is 0 Å². The van der Waals surface area contributed by atoms with Gasteiger partial charge in [0.05, 0.1) is 12.7 Å². The van der Waals surface area contributed by atoms with Crippen molar-refractivity contribution in [3.63, 3.8) is 0 Å². The molecule has 5 amide bonds. The number of carbonyl (C=O) groups is 4. The Labute approximate surface area is 364 Å². The summed E-state index contributed by atoms with van der Waals surface area (Å²) in [6.45, 7) is 8.17. The van der Waals surface area contributed by atoms with E-state index in [4.69, 9.17) is 15.6 Å². The molecule has 5 N–H and O–H groups in total. The standard InChI is InChI=1S/C47H51FN10O5/c1-63-40-13-6-34(48)27-38(40)46(61)50-28-30-2-4-32(5-3-30)43-42(44(49)60)45-51-39-12-11-37(26-33(39)16-21-58(45)53-43)56-24-22-54(23-25-56)29-31-14-18-55(19-15-31)35-7-9-36(10-8-35)57-20-17-41(59)52-47(57)62/h2-13,26-27,31,51H,14-25,28-29H2,1H3,(H2,49,60)(H,50,61)(H,52,59,62). The first-order valence-corrected chi connectivity index (χ1v) is 21.6. The molecule has 3 saturated heterocycles. The first kappa shape index (κ1) is 41.4. The molecule has 4 aromatic carbocycles. The van der Waals surface area contributed by atoms with E-state index in [-0.39, 0.29) is 29.8 Å². The number of amides is 5. The minimum atomic E-state index is -0.584. The Morgan fingerprint density at radius 1 is 0.810 bits per heavy atom. The average molecular weight is 855 g/mol. The summed E-state index contributed by atoms with van der Waals surface area (Å²) in [6, 6.07) is 25.4. The first-order chi connectivity index (χ1) is 30.6. The van der Waals surface area contributed by atoms with Gasteiger partial charge < -0.3 is 30.9 Å². The molecule has 0 bridgehead atoms. The molecule has 4 aliphatic heterocycles. The normalized spacial score (nSPS) is 17.0. The van der Waals surface area contributed by atoms with Gasteiger partial charge in [-0.2, -0.15) is 5.10 Å². The fourth-order valence-corrected chi connectivity index (χ4v) is 9.14. The molecule has 5 aromatic rings. The zero-order valence-corrected chi connectivity index (χ0v) is 35.2. The van der Waals surface area contributed by atoms with E-state index < -0.39 is 17.6 Å². The molecule has 0 spiro atoms. The predicted octanol–water partition coefficient (Wildman–Crippen LogP) is 5.51. The third-order valence-electron chi connectivity index (χ3n) is 12.7. The van der Waals surface area contributed by atoms with Crippen LogP contribution in [0.1, 0.15) is 51.1 Å². The SMILES string of the molecule is COc1ccc(F)cc1C(=O)NCc1ccc(-c2nn3c(c2C(N)=O)Nc2ccc(N4CCN(CC5CCN(c6ccc(N7CCC(=O)NC7=O)cc6)CC5)CC4)cc2CC3)cc1. The highest BCUT2D eigenvalue weighted by molar-refractivity contribution is 6.06. The second-order valence-electron chi connectivity index (χ2n) is 16.6. The number of nitrogens with zero attached hydrogens (tertiary/aromatic N) is 6. The van der Waals surface area contributed by atoms with Crippen LogP contribution in [0.4, 0.5) is 37.8 Å². The minimum absolute atomic E-state index is 0.110. The Balaban J connectivity index is 0.772. The van der Waals surface area contributed by atoms with Crippen molar-refractivity contribution in [1.82, 2.24) is 25.3 Å². The largest absolute Gasteiger partial charge is 0.496 e. The summed E-state index contributed by atoms with van der Waals surface area (Å²) in [5.41, 5.74) is 13.6. The van der Waals surface area contributed by atoms with Gasteiger partial charge in [-0.05, 0) is 97.0 Å². The number of aryl methyl sites for hydroxylation is 2. The second kappa shape index (κ2) is 17.8. The number of piperazine rings is 1. The maximum Gasteiger partial charge on any atom is 0.328 e. The average Bonchev–Trinajstić information content (AvgIpc) is 3.57. The van der Waals surface area contributed by atoms with E-state index in [1.165, 1.54) is 24.9 Å². The number of nitrogens with one attached hydrogen (secondary N) is 3. The highest BCUT2D eigenvalue weighted by Gasteiger charge is 2.29. The summed E-state index contributed by atoms with van der Waals surface area (Å²) >= 11 is 0. The third kappa shape index (κ3) is 8.89. The van der Waals surface area contributed by atoms with Gasteiger partial charge in [0.25, 0.3) is 11.8 Å². The quantitative estimate of drug-likeness (QED) is 0.133. The Morgan fingerprint density at radius 3 is 2.24 bits per heavy atom. The van der Waals surface area contributed by atoms with Crippen molar-refractivity contribution in [2.45, 2.75) is 38.8 Å². The Kier molecular flexibility index (Phi) is 11.7. The number of nitrogens with two attached hydrogens (primary N) is 1. The van der Waals surface area contributed by atoms with Crippen molar-refractivity contribution < 1.29 is 28.3 Å². The summed E-state index contributed by atoms with van der Waals surface area (Å²) < 4.78 is 20.9. The van der Waals surface area contributed by atoms with E-state index in [9.17, 15) is 23.6 Å². The third-order valence-corrected chi connectivity index (χ3v) is 12.7. The van der Waals surface area contributed by atoms with Crippen molar-refractivity contribution >= 4 is 52.3 Å². The van der Waals surface area contributed by atoms with Gasteiger partial charge in [0.15, 0.2) is 0 Å². The summed E-state index contributed by atoms with van der Waals surface area (Å²) in [7, 11) is 1.43. The molecule has 5 heterocycles. The highest BCUT2D eigenvalue weighted by Crippen LogP contribution is 2.36. The molecule has 326 valence electrons. The highest BCUT2D eigenvalue weighted by atomic mass is 19.1. The lowest BCUT2D eigenvalue weighted by Crippen LogP contribution is -2.49. The van der Waals surface area contributed by atoms with Gasteiger partial charge in [-0.1, -0.05) is 24.3 Å². The number of piperidine rings is 1.